The van der Waals surface area contributed by atoms with Crippen LogP contribution in [-0.2, 0) is 19.0 Å². The second kappa shape index (κ2) is 5.84. The van der Waals surface area contributed by atoms with Gasteiger partial charge < -0.3 is 14.2 Å². The van der Waals surface area contributed by atoms with Crippen molar-refractivity contribution in [1.29, 1.82) is 0 Å². The van der Waals surface area contributed by atoms with Crippen LogP contribution in [0.25, 0.3) is 0 Å². The average molecular weight is 263 g/mol. The number of rotatable bonds is 4. The molecule has 0 fully saturated rings. The molecule has 0 radical (unpaired) electrons. The third-order valence-corrected chi connectivity index (χ3v) is 2.99. The Morgan fingerprint density at radius 3 is 2.84 bits per heavy atom. The normalized spacial score (nSPS) is 22.3. The summed E-state index contributed by atoms with van der Waals surface area (Å²) in [5, 5.41) is 0. The molecule has 0 aromatic carbocycles. The Balaban J connectivity index is 2.38. The van der Waals surface area contributed by atoms with Crippen molar-refractivity contribution < 1.29 is 19.0 Å². The number of methoxy groups -OCH3 is 1. The number of allylic oxidation sites excluding steroid dienone is 1. The molecule has 5 heteroatoms. The first-order valence-electron chi connectivity index (χ1n) is 6.17. The van der Waals surface area contributed by atoms with E-state index in [0.717, 1.165) is 5.69 Å². The fraction of sp³-hybridized carbons (Fsp3) is 0.429. The first-order chi connectivity index (χ1) is 9.19. The lowest BCUT2D eigenvalue weighted by molar-refractivity contribution is -0.139. The van der Waals surface area contributed by atoms with E-state index in [4.69, 9.17) is 14.2 Å². The molecule has 0 aliphatic carbocycles. The van der Waals surface area contributed by atoms with Crippen molar-refractivity contribution in [1.82, 2.24) is 4.98 Å². The number of ether oxygens (including phenoxy) is 3. The lowest BCUT2D eigenvalue weighted by Crippen LogP contribution is -2.23. The fourth-order valence-electron chi connectivity index (χ4n) is 2.17. The quantitative estimate of drug-likeness (QED) is 0.778. The number of nitrogens with zero attached hydrogens (tertiary/aromatic N) is 1. The molecule has 0 amide bonds. The minimum atomic E-state index is -0.547. The van der Waals surface area contributed by atoms with Gasteiger partial charge in [0, 0.05) is 13.3 Å². The van der Waals surface area contributed by atoms with E-state index < -0.39 is 6.29 Å². The Morgan fingerprint density at radius 2 is 2.26 bits per heavy atom. The summed E-state index contributed by atoms with van der Waals surface area (Å²) in [7, 11) is 1.54. The molecule has 19 heavy (non-hydrogen) atoms. The lowest BCUT2D eigenvalue weighted by Gasteiger charge is -2.18. The van der Waals surface area contributed by atoms with Crippen molar-refractivity contribution >= 4 is 5.97 Å². The van der Waals surface area contributed by atoms with Crippen molar-refractivity contribution in [2.45, 2.75) is 26.1 Å². The summed E-state index contributed by atoms with van der Waals surface area (Å²) in [5.41, 5.74) is 1.21. The van der Waals surface area contributed by atoms with Crippen LogP contribution in [0.2, 0.25) is 0 Å². The Labute approximate surface area is 112 Å². The Kier molecular flexibility index (Phi) is 4.16. The first kappa shape index (κ1) is 13.5. The zero-order chi connectivity index (χ0) is 13.8. The summed E-state index contributed by atoms with van der Waals surface area (Å²) < 4.78 is 16.0. The van der Waals surface area contributed by atoms with Gasteiger partial charge in [0.1, 0.15) is 5.76 Å². The summed E-state index contributed by atoms with van der Waals surface area (Å²) in [6.45, 7) is 3.83. The number of hydrogen-bond donors (Lipinski definition) is 0. The largest absolute Gasteiger partial charge is 0.468 e. The summed E-state index contributed by atoms with van der Waals surface area (Å²) in [6.07, 6.45) is 1.13. The van der Waals surface area contributed by atoms with E-state index in [-0.39, 0.29) is 11.9 Å². The second-order valence-corrected chi connectivity index (χ2v) is 4.14. The molecule has 0 saturated heterocycles. The van der Waals surface area contributed by atoms with Crippen molar-refractivity contribution in [2.75, 3.05) is 13.7 Å². The van der Waals surface area contributed by atoms with Gasteiger partial charge in [0.15, 0.2) is 0 Å². The van der Waals surface area contributed by atoms with Gasteiger partial charge in [-0.15, -0.1) is 0 Å². The standard InChI is InChI=1S/C14H17NO4/c1-4-18-13(16)11-9(2)19-14(17-3)12(11)10-7-5-6-8-15-10/h5-8,12,14H,4H2,1-3H3. The maximum Gasteiger partial charge on any atom is 0.338 e. The van der Waals surface area contributed by atoms with Crippen molar-refractivity contribution in [3.8, 4) is 0 Å². The monoisotopic (exact) mass is 263 g/mol. The molecule has 0 bridgehead atoms. The summed E-state index contributed by atoms with van der Waals surface area (Å²) >= 11 is 0. The summed E-state index contributed by atoms with van der Waals surface area (Å²) in [4.78, 5) is 16.3. The number of carbonyl (C=O) groups is 1. The third kappa shape index (κ3) is 2.61. The highest BCUT2D eigenvalue weighted by Crippen LogP contribution is 2.38. The highest BCUT2D eigenvalue weighted by atomic mass is 16.7. The molecule has 2 unspecified atom stereocenters. The highest BCUT2D eigenvalue weighted by Gasteiger charge is 2.41. The molecule has 5 nitrogen and oxygen atoms in total. The first-order valence-corrected chi connectivity index (χ1v) is 6.17. The highest BCUT2D eigenvalue weighted by molar-refractivity contribution is 5.91. The number of carbonyl (C=O) groups excluding carboxylic acids is 1. The van der Waals surface area contributed by atoms with Gasteiger partial charge in [-0.3, -0.25) is 4.98 Å². The van der Waals surface area contributed by atoms with Gasteiger partial charge >= 0.3 is 5.97 Å². The predicted molar refractivity (Wildman–Crippen MR) is 68.2 cm³/mol. The number of esters is 1. The zero-order valence-corrected chi connectivity index (χ0v) is 11.3. The Hall–Kier alpha value is -1.88. The van der Waals surface area contributed by atoms with Crippen LogP contribution in [0.15, 0.2) is 35.7 Å². The van der Waals surface area contributed by atoms with Gasteiger partial charge in [0.05, 0.1) is 23.8 Å². The van der Waals surface area contributed by atoms with Crippen molar-refractivity contribution in [3.05, 3.63) is 41.4 Å². The van der Waals surface area contributed by atoms with E-state index in [2.05, 4.69) is 4.98 Å². The minimum absolute atomic E-state index is 0.322. The van der Waals surface area contributed by atoms with E-state index in [0.29, 0.717) is 17.9 Å². The molecular formula is C14H17NO4. The molecule has 0 spiro atoms. The van der Waals surface area contributed by atoms with Crippen molar-refractivity contribution in [3.63, 3.8) is 0 Å². The van der Waals surface area contributed by atoms with Crippen LogP contribution in [-0.4, -0.2) is 31.0 Å². The van der Waals surface area contributed by atoms with Crippen LogP contribution in [0.3, 0.4) is 0 Å². The van der Waals surface area contributed by atoms with Gasteiger partial charge in [-0.2, -0.15) is 0 Å². The molecule has 1 aliphatic rings. The topological polar surface area (TPSA) is 57.7 Å². The molecule has 2 atom stereocenters. The number of aromatic nitrogens is 1. The SMILES string of the molecule is CCOC(=O)C1=C(C)OC(OC)C1c1ccccn1. The predicted octanol–water partition coefficient (Wildman–Crippen LogP) is 2.00. The van der Waals surface area contributed by atoms with Crippen LogP contribution >= 0.6 is 0 Å². The Bertz CT molecular complexity index is 483. The molecule has 2 heterocycles. The van der Waals surface area contributed by atoms with Crippen LogP contribution in [0, 0.1) is 0 Å². The second-order valence-electron chi connectivity index (χ2n) is 4.14. The maximum absolute atomic E-state index is 12.1. The minimum Gasteiger partial charge on any atom is -0.468 e. The molecule has 2 rings (SSSR count). The molecule has 1 aromatic heterocycles. The fourth-order valence-corrected chi connectivity index (χ4v) is 2.17. The maximum atomic E-state index is 12.1. The molecule has 0 saturated carbocycles. The van der Waals surface area contributed by atoms with Crippen LogP contribution in [0.4, 0.5) is 0 Å². The summed E-state index contributed by atoms with van der Waals surface area (Å²) in [6, 6.07) is 5.53. The Morgan fingerprint density at radius 1 is 1.47 bits per heavy atom. The van der Waals surface area contributed by atoms with Crippen molar-refractivity contribution in [2.24, 2.45) is 0 Å². The van der Waals surface area contributed by atoms with Crippen LogP contribution in [0.5, 0.6) is 0 Å². The molecule has 102 valence electrons. The van der Waals surface area contributed by atoms with Gasteiger partial charge in [0.2, 0.25) is 6.29 Å². The van der Waals surface area contributed by atoms with E-state index in [1.54, 1.807) is 27.2 Å². The van der Waals surface area contributed by atoms with Gasteiger partial charge in [0.25, 0.3) is 0 Å². The smallest absolute Gasteiger partial charge is 0.338 e. The van der Waals surface area contributed by atoms with Gasteiger partial charge in [-0.25, -0.2) is 4.79 Å². The van der Waals surface area contributed by atoms with Crippen LogP contribution < -0.4 is 0 Å². The molecule has 1 aromatic rings. The molecular weight excluding hydrogens is 246 g/mol. The molecule has 0 N–H and O–H groups in total. The van der Waals surface area contributed by atoms with E-state index in [1.807, 2.05) is 18.2 Å². The lowest BCUT2D eigenvalue weighted by atomic mass is 9.95. The number of hydrogen-bond acceptors (Lipinski definition) is 5. The van der Waals surface area contributed by atoms with Gasteiger partial charge in [-0.05, 0) is 26.0 Å². The number of pyridine rings is 1. The van der Waals surface area contributed by atoms with E-state index >= 15 is 0 Å². The summed E-state index contributed by atoms with van der Waals surface area (Å²) in [5.74, 6) is -0.207. The van der Waals surface area contributed by atoms with E-state index in [9.17, 15) is 4.79 Å². The van der Waals surface area contributed by atoms with E-state index in [1.165, 1.54) is 0 Å². The zero-order valence-electron chi connectivity index (χ0n) is 11.3. The average Bonchev–Trinajstić information content (AvgIpc) is 2.77. The van der Waals surface area contributed by atoms with Crippen LogP contribution in [0.1, 0.15) is 25.5 Å². The third-order valence-electron chi connectivity index (χ3n) is 2.99. The molecule has 1 aliphatic heterocycles. The van der Waals surface area contributed by atoms with Gasteiger partial charge in [-0.1, -0.05) is 6.07 Å².